The zero-order valence-corrected chi connectivity index (χ0v) is 27.3. The SMILES string of the molecule is CCCCCCCCC[n+]1ccn([C@@H](Cc2ccccc2)C(=O)NCc2ccccc2)c1.O=S(=O)([N-]S(=O)(=O)C(F)(F)F)C(F)(F)F. The van der Waals surface area contributed by atoms with Crippen molar-refractivity contribution in [1.82, 2.24) is 9.88 Å². The van der Waals surface area contributed by atoms with E-state index in [-0.39, 0.29) is 11.9 Å². The maximum absolute atomic E-state index is 13.2. The van der Waals surface area contributed by atoms with Gasteiger partial charge >= 0.3 is 11.0 Å². The topological polar surface area (TPSA) is 120 Å². The second-order valence-electron chi connectivity index (χ2n) is 10.5. The summed E-state index contributed by atoms with van der Waals surface area (Å²) >= 11 is 0. The number of imidazole rings is 1. The summed E-state index contributed by atoms with van der Waals surface area (Å²) in [6, 6.07) is 20.1. The van der Waals surface area contributed by atoms with Crippen molar-refractivity contribution >= 4 is 26.0 Å². The minimum absolute atomic E-state index is 0.0522. The third-order valence-corrected chi connectivity index (χ3v) is 9.50. The van der Waals surface area contributed by atoms with Gasteiger partial charge in [-0.2, -0.15) is 26.3 Å². The Labute approximate surface area is 271 Å². The van der Waals surface area contributed by atoms with E-state index in [9.17, 15) is 48.0 Å². The minimum atomic E-state index is -6.72. The molecule has 0 fully saturated rings. The molecule has 262 valence electrons. The van der Waals surface area contributed by atoms with Crippen molar-refractivity contribution in [2.45, 2.75) is 88.4 Å². The highest BCUT2D eigenvalue weighted by atomic mass is 32.3. The first-order valence-corrected chi connectivity index (χ1v) is 17.6. The highest BCUT2D eigenvalue weighted by Crippen LogP contribution is 2.36. The van der Waals surface area contributed by atoms with Gasteiger partial charge in [-0.3, -0.25) is 4.79 Å². The van der Waals surface area contributed by atoms with E-state index in [2.05, 4.69) is 46.0 Å². The molecule has 1 atom stereocenters. The summed E-state index contributed by atoms with van der Waals surface area (Å²) in [5, 5.41) is 3.13. The summed E-state index contributed by atoms with van der Waals surface area (Å²) in [7, 11) is -13.4. The average Bonchev–Trinajstić information content (AvgIpc) is 3.46. The standard InChI is InChI=1S/C28H37N3O.C2F6NO4S2/c1-2-3-4-5-6-7-14-19-30-20-21-31(24-30)27(22-25-15-10-8-11-16-25)28(32)29-23-26-17-12-9-13-18-26;3-1(4,5)14(10,11)9-15(12,13)2(6,7)8/h8-13,15-18,20-21,24,27H,2-7,14,19,22-23H2,1H3;/q;-1/p+1/t27-;/m0./s1. The molecule has 0 aliphatic rings. The van der Waals surface area contributed by atoms with Crippen LogP contribution >= 0.6 is 0 Å². The van der Waals surface area contributed by atoms with Gasteiger partial charge in [0.2, 0.25) is 6.33 Å². The number of aromatic nitrogens is 2. The van der Waals surface area contributed by atoms with Crippen LogP contribution in [0.25, 0.3) is 4.13 Å². The van der Waals surface area contributed by atoms with E-state index < -0.39 is 31.1 Å². The summed E-state index contributed by atoms with van der Waals surface area (Å²) in [6.07, 6.45) is 16.0. The van der Waals surface area contributed by atoms with Gasteiger partial charge in [-0.25, -0.2) is 26.0 Å². The number of rotatable bonds is 16. The van der Waals surface area contributed by atoms with E-state index in [4.69, 9.17) is 0 Å². The van der Waals surface area contributed by atoms with Crippen molar-refractivity contribution in [1.29, 1.82) is 0 Å². The zero-order chi connectivity index (χ0) is 35.1. The lowest BCUT2D eigenvalue weighted by Gasteiger charge is -2.22. The largest absolute Gasteiger partial charge is 0.480 e. The number of hydrogen-bond acceptors (Lipinski definition) is 5. The third-order valence-electron chi connectivity index (χ3n) is 6.76. The van der Waals surface area contributed by atoms with Crippen molar-refractivity contribution in [2.24, 2.45) is 0 Å². The lowest BCUT2D eigenvalue weighted by atomic mass is 10.0. The van der Waals surface area contributed by atoms with Gasteiger partial charge in [-0.05, 0) is 24.0 Å². The van der Waals surface area contributed by atoms with Crippen molar-refractivity contribution < 1.29 is 52.5 Å². The maximum Gasteiger partial charge on any atom is 0.480 e. The molecule has 0 saturated carbocycles. The first-order chi connectivity index (χ1) is 22.0. The molecule has 9 nitrogen and oxygen atoms in total. The number of amides is 1. The van der Waals surface area contributed by atoms with Gasteiger partial charge in [0.15, 0.2) is 26.1 Å². The molecule has 1 heterocycles. The lowest BCUT2D eigenvalue weighted by molar-refractivity contribution is -0.697. The van der Waals surface area contributed by atoms with Crippen molar-refractivity contribution in [3.05, 3.63) is 94.6 Å². The second kappa shape index (κ2) is 18.2. The highest BCUT2D eigenvalue weighted by molar-refractivity contribution is 8.13. The predicted molar refractivity (Wildman–Crippen MR) is 163 cm³/mol. The molecular weight excluding hydrogens is 674 g/mol. The first kappa shape index (κ1) is 39.7. The molecule has 17 heteroatoms. The van der Waals surface area contributed by atoms with Gasteiger partial charge in [0.25, 0.3) is 5.91 Å². The number of carbonyl (C=O) groups excluding carboxylic acids is 1. The third kappa shape index (κ3) is 13.7. The van der Waals surface area contributed by atoms with E-state index in [1.807, 2.05) is 54.7 Å². The Morgan fingerprint density at radius 1 is 0.787 bits per heavy atom. The van der Waals surface area contributed by atoms with Crippen LogP contribution < -0.4 is 9.88 Å². The summed E-state index contributed by atoms with van der Waals surface area (Å²) in [4.78, 5) is 13.2. The van der Waals surface area contributed by atoms with Crippen LogP contribution in [0.15, 0.2) is 79.4 Å². The fraction of sp³-hybridized carbons (Fsp3) is 0.467. The summed E-state index contributed by atoms with van der Waals surface area (Å²) < 4.78 is 113. The number of hydrogen-bond donors (Lipinski definition) is 1. The van der Waals surface area contributed by atoms with Crippen LogP contribution in [0.5, 0.6) is 0 Å². The Balaban J connectivity index is 0.000000433. The molecule has 0 aliphatic carbocycles. The van der Waals surface area contributed by atoms with Crippen LogP contribution in [-0.2, 0) is 44.4 Å². The van der Waals surface area contributed by atoms with E-state index in [1.54, 1.807) is 0 Å². The monoisotopic (exact) mass is 712 g/mol. The van der Waals surface area contributed by atoms with Gasteiger partial charge in [-0.1, -0.05) is 99.7 Å². The van der Waals surface area contributed by atoms with E-state index in [1.165, 1.54) is 50.5 Å². The van der Waals surface area contributed by atoms with Crippen LogP contribution in [0, 0.1) is 0 Å². The van der Waals surface area contributed by atoms with E-state index in [0.717, 1.165) is 16.2 Å². The number of nitrogens with zero attached hydrogens (tertiary/aromatic N) is 3. The molecule has 0 radical (unpaired) electrons. The number of carbonyl (C=O) groups is 1. The summed E-state index contributed by atoms with van der Waals surface area (Å²) in [5.74, 6) is 0.0522. The minimum Gasteiger partial charge on any atom is -0.421 e. The maximum atomic E-state index is 13.2. The Morgan fingerprint density at radius 2 is 1.28 bits per heavy atom. The summed E-state index contributed by atoms with van der Waals surface area (Å²) in [6.45, 7) is 3.81. The quantitative estimate of drug-likeness (QED) is 0.101. The molecule has 3 aromatic rings. The molecule has 2 aromatic carbocycles. The molecule has 1 N–H and O–H groups in total. The smallest absolute Gasteiger partial charge is 0.421 e. The Bertz CT molecular complexity index is 1540. The van der Waals surface area contributed by atoms with Crippen LogP contribution in [-0.4, -0.2) is 38.3 Å². The number of aryl methyl sites for hydroxylation is 1. The van der Waals surface area contributed by atoms with E-state index >= 15 is 0 Å². The van der Waals surface area contributed by atoms with Crippen molar-refractivity contribution in [3.63, 3.8) is 0 Å². The average molecular weight is 713 g/mol. The summed E-state index contributed by atoms with van der Waals surface area (Å²) in [5.41, 5.74) is -10.1. The molecule has 0 aliphatic heterocycles. The number of alkyl halides is 6. The first-order valence-electron chi connectivity index (χ1n) is 14.8. The number of halogens is 6. The number of nitrogens with one attached hydrogen (secondary N) is 1. The molecule has 0 saturated heterocycles. The zero-order valence-electron chi connectivity index (χ0n) is 25.6. The Hall–Kier alpha value is -3.44. The van der Waals surface area contributed by atoms with Gasteiger partial charge < -0.3 is 9.44 Å². The predicted octanol–water partition coefficient (Wildman–Crippen LogP) is 6.69. The fourth-order valence-electron chi connectivity index (χ4n) is 4.27. The number of benzene rings is 2. The molecule has 0 spiro atoms. The molecule has 0 bridgehead atoms. The van der Waals surface area contributed by atoms with Gasteiger partial charge in [0.1, 0.15) is 12.4 Å². The lowest BCUT2D eigenvalue weighted by Crippen LogP contribution is -2.35. The van der Waals surface area contributed by atoms with Crippen molar-refractivity contribution in [3.8, 4) is 0 Å². The van der Waals surface area contributed by atoms with E-state index in [0.29, 0.717) is 13.0 Å². The highest BCUT2D eigenvalue weighted by Gasteiger charge is 2.47. The van der Waals surface area contributed by atoms with Crippen molar-refractivity contribution in [2.75, 3.05) is 0 Å². The molecule has 0 unspecified atom stereocenters. The molecule has 3 rings (SSSR count). The Kier molecular flexibility index (Phi) is 15.4. The molecular formula is C30H38F6N4O5S2. The molecule has 47 heavy (non-hydrogen) atoms. The number of sulfonamides is 2. The fourth-order valence-corrected chi connectivity index (χ4v) is 5.98. The van der Waals surface area contributed by atoms with Gasteiger partial charge in [0.05, 0.1) is 6.54 Å². The van der Waals surface area contributed by atoms with Crippen LogP contribution in [0.1, 0.15) is 69.0 Å². The van der Waals surface area contributed by atoms with Crippen LogP contribution in [0.2, 0.25) is 0 Å². The second-order valence-corrected chi connectivity index (χ2v) is 14.0. The Morgan fingerprint density at radius 3 is 1.79 bits per heavy atom. The van der Waals surface area contributed by atoms with Crippen LogP contribution in [0.3, 0.4) is 0 Å². The van der Waals surface area contributed by atoms with Gasteiger partial charge in [0, 0.05) is 13.0 Å². The number of unbranched alkanes of at least 4 members (excludes halogenated alkanes) is 6. The van der Waals surface area contributed by atoms with Crippen LogP contribution in [0.4, 0.5) is 26.3 Å². The van der Waals surface area contributed by atoms with Gasteiger partial charge in [-0.15, -0.1) is 0 Å². The molecule has 1 aromatic heterocycles. The molecule has 1 amide bonds. The normalized spacial score (nSPS) is 13.0.